The van der Waals surface area contributed by atoms with Crippen LogP contribution in [0.5, 0.6) is 0 Å². The highest BCUT2D eigenvalue weighted by atomic mass is 16.5. The van der Waals surface area contributed by atoms with Gasteiger partial charge in [-0.1, -0.05) is 42.5 Å². The minimum absolute atomic E-state index is 0.00741. The number of ether oxygens (including phenoxy) is 1. The van der Waals surface area contributed by atoms with Crippen LogP contribution < -0.4 is 5.32 Å². The molecule has 1 aromatic rings. The SMILES string of the molecule is C=CC[C@@H](CC(=O)N1CCC[C@H]1CO)C(=O)NC(C)(C)COC(=O)[C@@H](CC=C)Cc1ccccc1. The largest absolute Gasteiger partial charge is 0.463 e. The zero-order valence-electron chi connectivity index (χ0n) is 21.1. The highest BCUT2D eigenvalue weighted by Crippen LogP contribution is 2.22. The number of amides is 2. The fourth-order valence-corrected chi connectivity index (χ4v) is 4.37. The second-order valence-electron chi connectivity index (χ2n) is 9.88. The van der Waals surface area contributed by atoms with E-state index in [2.05, 4.69) is 18.5 Å². The second kappa shape index (κ2) is 13.8. The van der Waals surface area contributed by atoms with Crippen LogP contribution in [0, 0.1) is 11.8 Å². The lowest BCUT2D eigenvalue weighted by Gasteiger charge is -2.30. The molecule has 7 heteroatoms. The molecule has 1 fully saturated rings. The van der Waals surface area contributed by atoms with E-state index in [0.717, 1.165) is 18.4 Å². The molecule has 0 radical (unpaired) electrons. The Hall–Kier alpha value is -2.93. The fourth-order valence-electron chi connectivity index (χ4n) is 4.37. The van der Waals surface area contributed by atoms with E-state index in [1.807, 2.05) is 30.3 Å². The summed E-state index contributed by atoms with van der Waals surface area (Å²) in [6.07, 6.45) is 6.40. The van der Waals surface area contributed by atoms with Crippen LogP contribution in [0.25, 0.3) is 0 Å². The van der Waals surface area contributed by atoms with E-state index in [4.69, 9.17) is 4.74 Å². The van der Waals surface area contributed by atoms with Crippen molar-refractivity contribution in [3.8, 4) is 0 Å². The van der Waals surface area contributed by atoms with E-state index < -0.39 is 11.5 Å². The van der Waals surface area contributed by atoms with Crippen molar-refractivity contribution >= 4 is 17.8 Å². The third-order valence-corrected chi connectivity index (χ3v) is 6.30. The number of aliphatic hydroxyl groups excluding tert-OH is 1. The standard InChI is InChI=1S/C28H40N2O5/c1-5-11-22(18-25(32)30-16-10-15-24(30)19-31)26(33)29-28(3,4)20-35-27(34)23(12-6-2)17-21-13-8-7-9-14-21/h5-9,13-14,22-24,31H,1-2,10-12,15-20H2,3-4H3,(H,29,33)/t22-,23-,24-/m0/s1. The van der Waals surface area contributed by atoms with Gasteiger partial charge >= 0.3 is 5.97 Å². The van der Waals surface area contributed by atoms with Crippen LogP contribution in [0.3, 0.4) is 0 Å². The fraction of sp³-hybridized carbons (Fsp3) is 0.536. The topological polar surface area (TPSA) is 95.9 Å². The summed E-state index contributed by atoms with van der Waals surface area (Å²) < 4.78 is 5.60. The van der Waals surface area contributed by atoms with Gasteiger partial charge in [-0.05, 0) is 51.5 Å². The molecule has 192 valence electrons. The van der Waals surface area contributed by atoms with Crippen molar-refractivity contribution in [3.05, 3.63) is 61.2 Å². The Balaban J connectivity index is 1.94. The van der Waals surface area contributed by atoms with Crippen molar-refractivity contribution in [2.75, 3.05) is 19.8 Å². The number of likely N-dealkylation sites (tertiary alicyclic amines) is 1. The summed E-state index contributed by atoms with van der Waals surface area (Å²) in [6, 6.07) is 9.56. The maximum atomic E-state index is 13.0. The smallest absolute Gasteiger partial charge is 0.309 e. The van der Waals surface area contributed by atoms with Crippen molar-refractivity contribution < 1.29 is 24.2 Å². The molecule has 1 aromatic carbocycles. The predicted octanol–water partition coefficient (Wildman–Crippen LogP) is 3.43. The quantitative estimate of drug-likeness (QED) is 0.312. The Labute approximate surface area is 209 Å². The zero-order chi connectivity index (χ0) is 25.8. The molecule has 3 atom stereocenters. The molecule has 0 aliphatic carbocycles. The van der Waals surface area contributed by atoms with Gasteiger partial charge in [0.05, 0.1) is 30.0 Å². The highest BCUT2D eigenvalue weighted by molar-refractivity contribution is 5.86. The van der Waals surface area contributed by atoms with E-state index in [1.54, 1.807) is 30.9 Å². The van der Waals surface area contributed by atoms with Crippen LogP contribution in [0.4, 0.5) is 0 Å². The summed E-state index contributed by atoms with van der Waals surface area (Å²) in [5, 5.41) is 12.4. The number of allylic oxidation sites excluding steroid dienone is 2. The van der Waals surface area contributed by atoms with E-state index in [1.165, 1.54) is 0 Å². The molecule has 0 unspecified atom stereocenters. The lowest BCUT2D eigenvalue weighted by Crippen LogP contribution is -2.50. The number of nitrogens with one attached hydrogen (secondary N) is 1. The molecule has 0 saturated carbocycles. The Morgan fingerprint density at radius 1 is 1.17 bits per heavy atom. The number of carbonyl (C=O) groups is 3. The molecule has 35 heavy (non-hydrogen) atoms. The Kier molecular flexibility index (Phi) is 11.2. The minimum atomic E-state index is -0.817. The second-order valence-corrected chi connectivity index (χ2v) is 9.88. The van der Waals surface area contributed by atoms with Crippen molar-refractivity contribution in [1.29, 1.82) is 0 Å². The van der Waals surface area contributed by atoms with E-state index in [-0.39, 0.29) is 49.4 Å². The van der Waals surface area contributed by atoms with Gasteiger partial charge in [-0.2, -0.15) is 0 Å². The molecule has 1 saturated heterocycles. The molecular formula is C28H40N2O5. The molecule has 0 spiro atoms. The first-order chi connectivity index (χ1) is 16.7. The van der Waals surface area contributed by atoms with Gasteiger partial charge in [0.1, 0.15) is 6.61 Å². The van der Waals surface area contributed by atoms with Gasteiger partial charge in [-0.15, -0.1) is 13.2 Å². The number of carbonyl (C=O) groups excluding carboxylic acids is 3. The molecule has 0 bridgehead atoms. The van der Waals surface area contributed by atoms with Crippen LogP contribution in [0.2, 0.25) is 0 Å². The average Bonchev–Trinajstić information content (AvgIpc) is 3.31. The molecular weight excluding hydrogens is 444 g/mol. The number of benzene rings is 1. The van der Waals surface area contributed by atoms with Crippen molar-refractivity contribution in [2.24, 2.45) is 11.8 Å². The van der Waals surface area contributed by atoms with Crippen molar-refractivity contribution in [2.45, 2.75) is 64.0 Å². The van der Waals surface area contributed by atoms with Crippen LogP contribution >= 0.6 is 0 Å². The molecule has 1 aliphatic rings. The van der Waals surface area contributed by atoms with E-state index in [9.17, 15) is 19.5 Å². The van der Waals surface area contributed by atoms with Gasteiger partial charge in [0.15, 0.2) is 0 Å². The molecule has 2 N–H and O–H groups in total. The third kappa shape index (κ3) is 8.98. The summed E-state index contributed by atoms with van der Waals surface area (Å²) >= 11 is 0. The van der Waals surface area contributed by atoms with E-state index in [0.29, 0.717) is 25.8 Å². The lowest BCUT2D eigenvalue weighted by molar-refractivity contribution is -0.151. The number of aliphatic hydroxyl groups is 1. The van der Waals surface area contributed by atoms with Crippen LogP contribution in [-0.4, -0.2) is 59.1 Å². The van der Waals surface area contributed by atoms with Crippen LogP contribution in [0.1, 0.15) is 51.5 Å². The minimum Gasteiger partial charge on any atom is -0.463 e. The first-order valence-corrected chi connectivity index (χ1v) is 12.4. The normalized spacial score (nSPS) is 17.3. The maximum Gasteiger partial charge on any atom is 0.309 e. The highest BCUT2D eigenvalue weighted by Gasteiger charge is 2.33. The summed E-state index contributed by atoms with van der Waals surface area (Å²) in [7, 11) is 0. The van der Waals surface area contributed by atoms with Gasteiger partial charge in [0, 0.05) is 13.0 Å². The van der Waals surface area contributed by atoms with Gasteiger partial charge in [-0.3, -0.25) is 14.4 Å². The molecule has 1 aliphatic heterocycles. The number of rotatable bonds is 14. The molecule has 2 rings (SSSR count). The van der Waals surface area contributed by atoms with Crippen LogP contribution in [-0.2, 0) is 25.5 Å². The number of hydrogen-bond donors (Lipinski definition) is 2. The Bertz CT molecular complexity index is 867. The van der Waals surface area contributed by atoms with Crippen LogP contribution in [0.15, 0.2) is 55.6 Å². The first-order valence-electron chi connectivity index (χ1n) is 12.4. The number of hydrogen-bond acceptors (Lipinski definition) is 5. The number of nitrogens with zero attached hydrogens (tertiary/aromatic N) is 1. The van der Waals surface area contributed by atoms with Crippen molar-refractivity contribution in [1.82, 2.24) is 10.2 Å². The summed E-state index contributed by atoms with van der Waals surface area (Å²) in [5.41, 5.74) is 0.226. The monoisotopic (exact) mass is 484 g/mol. The van der Waals surface area contributed by atoms with Gasteiger partial charge < -0.3 is 20.1 Å². The van der Waals surface area contributed by atoms with Gasteiger partial charge in [0.25, 0.3) is 0 Å². The van der Waals surface area contributed by atoms with E-state index >= 15 is 0 Å². The molecule has 2 amide bonds. The average molecular weight is 485 g/mol. The van der Waals surface area contributed by atoms with Gasteiger partial charge in [0.2, 0.25) is 11.8 Å². The first kappa shape index (κ1) is 28.3. The molecule has 1 heterocycles. The van der Waals surface area contributed by atoms with Crippen molar-refractivity contribution in [3.63, 3.8) is 0 Å². The van der Waals surface area contributed by atoms with Gasteiger partial charge in [-0.25, -0.2) is 0 Å². The zero-order valence-corrected chi connectivity index (χ0v) is 21.1. The summed E-state index contributed by atoms with van der Waals surface area (Å²) in [5.74, 6) is -1.70. The Morgan fingerprint density at radius 3 is 2.46 bits per heavy atom. The lowest BCUT2D eigenvalue weighted by atomic mass is 9.96. The molecule has 7 nitrogen and oxygen atoms in total. The maximum absolute atomic E-state index is 13.0. The number of esters is 1. The molecule has 0 aromatic heterocycles. The third-order valence-electron chi connectivity index (χ3n) is 6.30. The summed E-state index contributed by atoms with van der Waals surface area (Å²) in [4.78, 5) is 40.3. The Morgan fingerprint density at radius 2 is 1.83 bits per heavy atom. The summed E-state index contributed by atoms with van der Waals surface area (Å²) in [6.45, 7) is 11.6. The predicted molar refractivity (Wildman–Crippen MR) is 136 cm³/mol.